The molecule has 148 valence electrons. The summed E-state index contributed by atoms with van der Waals surface area (Å²) in [5.74, 6) is 0.677. The average molecular weight is 433 g/mol. The first-order chi connectivity index (χ1) is 14.6. The largest absolute Gasteiger partial charge is 0.488 e. The van der Waals surface area contributed by atoms with Crippen molar-refractivity contribution in [2.75, 3.05) is 0 Å². The number of halogens is 1. The summed E-state index contributed by atoms with van der Waals surface area (Å²) >= 11 is 7.59. The van der Waals surface area contributed by atoms with Crippen molar-refractivity contribution < 1.29 is 4.74 Å². The van der Waals surface area contributed by atoms with Crippen LogP contribution in [0.4, 0.5) is 0 Å². The lowest BCUT2D eigenvalue weighted by Crippen LogP contribution is -2.22. The van der Waals surface area contributed by atoms with Gasteiger partial charge in [0.15, 0.2) is 4.96 Å². The zero-order chi connectivity index (χ0) is 20.7. The van der Waals surface area contributed by atoms with Crippen LogP contribution < -0.4 is 14.8 Å². The molecule has 0 radical (unpaired) electrons. The van der Waals surface area contributed by atoms with Gasteiger partial charge in [-0.15, -0.1) is 0 Å². The molecule has 30 heavy (non-hydrogen) atoms. The summed E-state index contributed by atoms with van der Waals surface area (Å²) in [6, 6.07) is 21.3. The van der Waals surface area contributed by atoms with Crippen LogP contribution in [0.1, 0.15) is 16.7 Å². The van der Waals surface area contributed by atoms with Crippen molar-refractivity contribution in [1.29, 1.82) is 0 Å². The fraction of sp³-hybridized carbons (Fsp3) is 0.0833. The van der Waals surface area contributed by atoms with E-state index in [2.05, 4.69) is 24.0 Å². The molecule has 0 unspecified atom stereocenters. The van der Waals surface area contributed by atoms with Crippen LogP contribution in [0.15, 0.2) is 71.5 Å². The number of imidazole rings is 1. The minimum atomic E-state index is -0.0895. The van der Waals surface area contributed by atoms with Crippen LogP contribution >= 0.6 is 22.9 Å². The second kappa shape index (κ2) is 7.59. The Morgan fingerprint density at radius 1 is 1.10 bits per heavy atom. The first-order valence-corrected chi connectivity index (χ1v) is 10.7. The average Bonchev–Trinajstić information content (AvgIpc) is 3.24. The smallest absolute Gasteiger partial charge is 0.274 e. The molecule has 0 N–H and O–H groups in total. The van der Waals surface area contributed by atoms with Crippen LogP contribution in [0.25, 0.3) is 22.1 Å². The van der Waals surface area contributed by atoms with E-state index in [0.29, 0.717) is 26.9 Å². The Labute approximate surface area is 181 Å². The fourth-order valence-electron chi connectivity index (χ4n) is 3.48. The zero-order valence-electron chi connectivity index (χ0n) is 16.1. The number of para-hydroxylation sites is 2. The molecule has 0 spiro atoms. The molecule has 4 nitrogen and oxygen atoms in total. The highest BCUT2D eigenvalue weighted by Crippen LogP contribution is 2.25. The Balaban J connectivity index is 1.57. The van der Waals surface area contributed by atoms with Crippen LogP contribution in [-0.2, 0) is 6.61 Å². The summed E-state index contributed by atoms with van der Waals surface area (Å²) in [5.41, 5.74) is 4.58. The van der Waals surface area contributed by atoms with Gasteiger partial charge in [0, 0.05) is 10.6 Å². The molecule has 0 saturated heterocycles. The predicted octanol–water partition coefficient (Wildman–Crippen LogP) is 5.00. The number of ether oxygens (including phenoxy) is 1. The Morgan fingerprint density at radius 3 is 2.83 bits per heavy atom. The molecule has 5 rings (SSSR count). The lowest BCUT2D eigenvalue weighted by atomic mass is 10.1. The van der Waals surface area contributed by atoms with Crippen molar-refractivity contribution in [3.63, 3.8) is 0 Å². The van der Waals surface area contributed by atoms with Crippen molar-refractivity contribution in [2.24, 2.45) is 0 Å². The Kier molecular flexibility index (Phi) is 4.77. The van der Waals surface area contributed by atoms with Crippen molar-refractivity contribution in [3.8, 4) is 5.75 Å². The molecule has 0 fully saturated rings. The zero-order valence-corrected chi connectivity index (χ0v) is 17.7. The van der Waals surface area contributed by atoms with Gasteiger partial charge in [0.05, 0.1) is 15.6 Å². The number of rotatable bonds is 4. The summed E-state index contributed by atoms with van der Waals surface area (Å²) < 4.78 is 8.31. The molecule has 0 aliphatic carbocycles. The third kappa shape index (κ3) is 3.47. The normalized spacial score (nSPS) is 12.1. The van der Waals surface area contributed by atoms with E-state index in [4.69, 9.17) is 16.3 Å². The number of nitrogens with zero attached hydrogens (tertiary/aromatic N) is 2. The van der Waals surface area contributed by atoms with Crippen molar-refractivity contribution >= 4 is 45.0 Å². The molecule has 0 amide bonds. The van der Waals surface area contributed by atoms with Gasteiger partial charge in [0.1, 0.15) is 12.4 Å². The lowest BCUT2D eigenvalue weighted by Gasteiger charge is -2.10. The van der Waals surface area contributed by atoms with E-state index < -0.39 is 0 Å². The summed E-state index contributed by atoms with van der Waals surface area (Å²) in [6.07, 6.45) is 1.83. The number of aryl methyl sites for hydroxylation is 1. The number of thiazole rings is 1. The van der Waals surface area contributed by atoms with Crippen LogP contribution in [0.2, 0.25) is 5.02 Å². The van der Waals surface area contributed by atoms with Gasteiger partial charge in [0.25, 0.3) is 5.56 Å². The standard InChI is InChI=1S/C24H17ClN2O2S/c1-15-5-4-6-16(11-15)14-29-21-10-9-18(25)12-17(21)13-22-23(28)27-20-8-3-2-7-19(20)26-24(27)30-22/h2-13H,14H2,1H3. The van der Waals surface area contributed by atoms with Gasteiger partial charge in [-0.25, -0.2) is 9.38 Å². The van der Waals surface area contributed by atoms with E-state index in [0.717, 1.165) is 22.2 Å². The second-order valence-electron chi connectivity index (χ2n) is 7.09. The number of aromatic nitrogens is 2. The number of benzene rings is 3. The van der Waals surface area contributed by atoms with Gasteiger partial charge in [-0.1, -0.05) is 64.9 Å². The van der Waals surface area contributed by atoms with Crippen LogP contribution in [0.3, 0.4) is 0 Å². The maximum Gasteiger partial charge on any atom is 0.274 e. The molecule has 2 aromatic heterocycles. The highest BCUT2D eigenvalue weighted by Gasteiger charge is 2.11. The molecule has 0 aliphatic heterocycles. The molecule has 0 saturated carbocycles. The monoisotopic (exact) mass is 432 g/mol. The summed E-state index contributed by atoms with van der Waals surface area (Å²) in [4.78, 5) is 18.3. The van der Waals surface area contributed by atoms with E-state index in [1.54, 1.807) is 10.5 Å². The van der Waals surface area contributed by atoms with Crippen LogP contribution in [-0.4, -0.2) is 9.38 Å². The van der Waals surface area contributed by atoms with Gasteiger partial charge in [0.2, 0.25) is 0 Å². The SMILES string of the molecule is Cc1cccc(COc2ccc(Cl)cc2C=c2sc3nc4ccccc4n3c2=O)c1. The van der Waals surface area contributed by atoms with Crippen molar-refractivity contribution in [2.45, 2.75) is 13.5 Å². The van der Waals surface area contributed by atoms with Gasteiger partial charge in [-0.3, -0.25) is 4.79 Å². The molecular formula is C24H17ClN2O2S. The van der Waals surface area contributed by atoms with E-state index >= 15 is 0 Å². The molecule has 5 aromatic rings. The molecule has 6 heteroatoms. The van der Waals surface area contributed by atoms with E-state index in [-0.39, 0.29) is 5.56 Å². The third-order valence-electron chi connectivity index (χ3n) is 4.88. The van der Waals surface area contributed by atoms with Gasteiger partial charge < -0.3 is 4.74 Å². The molecular weight excluding hydrogens is 416 g/mol. The van der Waals surface area contributed by atoms with E-state index in [1.807, 2.05) is 54.6 Å². The van der Waals surface area contributed by atoms with Crippen LogP contribution in [0, 0.1) is 6.92 Å². The van der Waals surface area contributed by atoms with Crippen molar-refractivity contribution in [3.05, 3.63) is 103 Å². The Hall–Kier alpha value is -3.15. The first-order valence-electron chi connectivity index (χ1n) is 9.48. The Bertz CT molecular complexity index is 1500. The number of hydrogen-bond acceptors (Lipinski definition) is 4. The molecule has 0 bridgehead atoms. The molecule has 3 aromatic carbocycles. The van der Waals surface area contributed by atoms with E-state index in [1.165, 1.54) is 16.9 Å². The summed E-state index contributed by atoms with van der Waals surface area (Å²) in [7, 11) is 0. The van der Waals surface area contributed by atoms with E-state index in [9.17, 15) is 4.79 Å². The number of hydrogen-bond donors (Lipinski definition) is 0. The molecule has 2 heterocycles. The first kappa shape index (κ1) is 18.9. The Morgan fingerprint density at radius 2 is 1.97 bits per heavy atom. The quantitative estimate of drug-likeness (QED) is 0.401. The number of fused-ring (bicyclic) bond motifs is 3. The lowest BCUT2D eigenvalue weighted by molar-refractivity contribution is 0.305. The third-order valence-corrected chi connectivity index (χ3v) is 6.08. The van der Waals surface area contributed by atoms with Gasteiger partial charge in [-0.2, -0.15) is 0 Å². The minimum absolute atomic E-state index is 0.0895. The highest BCUT2D eigenvalue weighted by molar-refractivity contribution is 7.15. The topological polar surface area (TPSA) is 43.6 Å². The summed E-state index contributed by atoms with van der Waals surface area (Å²) in [5, 5.41) is 0.586. The molecule has 0 aliphatic rings. The summed E-state index contributed by atoms with van der Waals surface area (Å²) in [6.45, 7) is 2.49. The van der Waals surface area contributed by atoms with Crippen molar-refractivity contribution in [1.82, 2.24) is 9.38 Å². The molecule has 0 atom stereocenters. The second-order valence-corrected chi connectivity index (χ2v) is 8.54. The minimum Gasteiger partial charge on any atom is -0.488 e. The predicted molar refractivity (Wildman–Crippen MR) is 123 cm³/mol. The van der Waals surface area contributed by atoms with Crippen LogP contribution in [0.5, 0.6) is 5.75 Å². The fourth-order valence-corrected chi connectivity index (χ4v) is 4.64. The van der Waals surface area contributed by atoms with Gasteiger partial charge in [-0.05, 0) is 48.9 Å². The maximum absolute atomic E-state index is 13.0. The highest BCUT2D eigenvalue weighted by atomic mass is 35.5. The maximum atomic E-state index is 13.0. The van der Waals surface area contributed by atoms with Gasteiger partial charge >= 0.3 is 0 Å².